The summed E-state index contributed by atoms with van der Waals surface area (Å²) in [7, 11) is -3.57. The molecule has 162 valence electrons. The van der Waals surface area contributed by atoms with Gasteiger partial charge in [0.1, 0.15) is 15.7 Å². The molecule has 2 aromatic carbocycles. The summed E-state index contributed by atoms with van der Waals surface area (Å²) < 4.78 is 41.0. The standard InChI is InChI=1S/C22H22FN3O3S2/c1-15-20(30-21(24-15)16-7-9-17(23)10-8-16)22(27)26-13-11-18(12-14-26)25-31(28,29)19-5-3-2-4-6-19/h2-10,18,25H,11-14H2,1H3. The van der Waals surface area contributed by atoms with Crippen molar-refractivity contribution < 1.29 is 17.6 Å². The molecular formula is C22H22FN3O3S2. The van der Waals surface area contributed by atoms with Crippen LogP contribution in [0.5, 0.6) is 0 Å². The quantitative estimate of drug-likeness (QED) is 0.629. The number of piperidine rings is 1. The van der Waals surface area contributed by atoms with Crippen molar-refractivity contribution in [3.05, 3.63) is 71.0 Å². The second-order valence-corrected chi connectivity index (χ2v) is 10.2. The van der Waals surface area contributed by atoms with Gasteiger partial charge in [-0.1, -0.05) is 18.2 Å². The van der Waals surface area contributed by atoms with Crippen LogP contribution in [0.3, 0.4) is 0 Å². The molecule has 3 aromatic rings. The molecule has 6 nitrogen and oxygen atoms in total. The van der Waals surface area contributed by atoms with Crippen LogP contribution in [0.4, 0.5) is 4.39 Å². The van der Waals surface area contributed by atoms with Crippen molar-refractivity contribution in [3.63, 3.8) is 0 Å². The summed E-state index contributed by atoms with van der Waals surface area (Å²) in [6.07, 6.45) is 1.08. The van der Waals surface area contributed by atoms with Gasteiger partial charge in [-0.3, -0.25) is 4.79 Å². The Balaban J connectivity index is 1.40. The van der Waals surface area contributed by atoms with Gasteiger partial charge in [0, 0.05) is 24.7 Å². The number of benzene rings is 2. The van der Waals surface area contributed by atoms with Crippen LogP contribution in [0.2, 0.25) is 0 Å². The van der Waals surface area contributed by atoms with Gasteiger partial charge in [-0.15, -0.1) is 11.3 Å². The maximum atomic E-state index is 13.2. The summed E-state index contributed by atoms with van der Waals surface area (Å²) in [5, 5.41) is 0.673. The minimum absolute atomic E-state index is 0.104. The first-order valence-electron chi connectivity index (χ1n) is 9.93. The largest absolute Gasteiger partial charge is 0.338 e. The fourth-order valence-corrected chi connectivity index (χ4v) is 5.91. The number of amides is 1. The first kappa shape index (κ1) is 21.6. The van der Waals surface area contributed by atoms with E-state index in [9.17, 15) is 17.6 Å². The van der Waals surface area contributed by atoms with Gasteiger partial charge in [0.25, 0.3) is 5.91 Å². The topological polar surface area (TPSA) is 79.4 Å². The third-order valence-electron chi connectivity index (χ3n) is 5.24. The molecule has 0 radical (unpaired) electrons. The number of likely N-dealkylation sites (tertiary alicyclic amines) is 1. The first-order chi connectivity index (χ1) is 14.8. The smallest absolute Gasteiger partial charge is 0.265 e. The lowest BCUT2D eigenvalue weighted by atomic mass is 10.1. The van der Waals surface area contributed by atoms with E-state index in [-0.39, 0.29) is 22.7 Å². The third kappa shape index (κ3) is 4.84. The molecule has 1 saturated heterocycles. The molecule has 0 bridgehead atoms. The van der Waals surface area contributed by atoms with Crippen molar-refractivity contribution in [1.82, 2.24) is 14.6 Å². The summed E-state index contributed by atoms with van der Waals surface area (Å²) in [5.74, 6) is -0.424. The van der Waals surface area contributed by atoms with Gasteiger partial charge >= 0.3 is 0 Å². The van der Waals surface area contributed by atoms with Crippen molar-refractivity contribution in [3.8, 4) is 10.6 Å². The highest BCUT2D eigenvalue weighted by atomic mass is 32.2. The van der Waals surface area contributed by atoms with Gasteiger partial charge in [0.15, 0.2) is 0 Å². The Morgan fingerprint density at radius 2 is 1.74 bits per heavy atom. The lowest BCUT2D eigenvalue weighted by Crippen LogP contribution is -2.46. The number of carbonyl (C=O) groups is 1. The summed E-state index contributed by atoms with van der Waals surface area (Å²) >= 11 is 1.29. The highest BCUT2D eigenvalue weighted by Gasteiger charge is 2.29. The number of hydrogen-bond acceptors (Lipinski definition) is 5. The molecule has 1 aliphatic rings. The molecular weight excluding hydrogens is 437 g/mol. The number of hydrogen-bond donors (Lipinski definition) is 1. The number of halogens is 1. The number of nitrogens with zero attached hydrogens (tertiary/aromatic N) is 2. The summed E-state index contributed by atoms with van der Waals surface area (Å²) in [4.78, 5) is 20.0. The van der Waals surface area contributed by atoms with Gasteiger partial charge < -0.3 is 4.90 Å². The second-order valence-electron chi connectivity index (χ2n) is 7.44. The average molecular weight is 460 g/mol. The third-order valence-corrected chi connectivity index (χ3v) is 7.97. The lowest BCUT2D eigenvalue weighted by Gasteiger charge is -2.32. The zero-order valence-corrected chi connectivity index (χ0v) is 18.5. The van der Waals surface area contributed by atoms with Crippen LogP contribution in [0, 0.1) is 12.7 Å². The number of rotatable bonds is 5. The Morgan fingerprint density at radius 3 is 2.39 bits per heavy atom. The zero-order chi connectivity index (χ0) is 22.0. The Kier molecular flexibility index (Phi) is 6.17. The molecule has 0 atom stereocenters. The van der Waals surface area contributed by atoms with Crippen molar-refractivity contribution in [2.75, 3.05) is 13.1 Å². The monoisotopic (exact) mass is 459 g/mol. The van der Waals surface area contributed by atoms with E-state index in [1.165, 1.54) is 23.5 Å². The van der Waals surface area contributed by atoms with E-state index in [4.69, 9.17) is 0 Å². The van der Waals surface area contributed by atoms with Gasteiger partial charge in [0.2, 0.25) is 10.0 Å². The second kappa shape index (κ2) is 8.86. The molecule has 2 heterocycles. The fourth-order valence-electron chi connectivity index (χ4n) is 3.54. The highest BCUT2D eigenvalue weighted by Crippen LogP contribution is 2.29. The lowest BCUT2D eigenvalue weighted by molar-refractivity contribution is 0.0715. The Morgan fingerprint density at radius 1 is 1.10 bits per heavy atom. The number of carbonyl (C=O) groups excluding carboxylic acids is 1. The van der Waals surface area contributed by atoms with Crippen LogP contribution in [-0.4, -0.2) is 43.3 Å². The maximum Gasteiger partial charge on any atom is 0.265 e. The Hall–Kier alpha value is -2.62. The van der Waals surface area contributed by atoms with Crippen LogP contribution in [0.1, 0.15) is 28.2 Å². The van der Waals surface area contributed by atoms with E-state index in [2.05, 4.69) is 9.71 Å². The molecule has 1 aliphatic heterocycles. The molecule has 0 spiro atoms. The van der Waals surface area contributed by atoms with Crippen LogP contribution < -0.4 is 4.72 Å². The molecule has 1 N–H and O–H groups in total. The molecule has 0 aliphatic carbocycles. The van der Waals surface area contributed by atoms with Crippen molar-refractivity contribution in [2.24, 2.45) is 0 Å². The number of aryl methyl sites for hydroxylation is 1. The van der Waals surface area contributed by atoms with Gasteiger partial charge in [0.05, 0.1) is 10.6 Å². The van der Waals surface area contributed by atoms with Gasteiger partial charge in [-0.2, -0.15) is 0 Å². The predicted molar refractivity (Wildman–Crippen MR) is 118 cm³/mol. The van der Waals surface area contributed by atoms with Gasteiger partial charge in [-0.05, 0) is 56.2 Å². The predicted octanol–water partition coefficient (Wildman–Crippen LogP) is 3.84. The Labute approximate surface area is 184 Å². The number of nitrogens with one attached hydrogen (secondary N) is 1. The Bertz CT molecular complexity index is 1170. The number of aromatic nitrogens is 1. The molecule has 0 saturated carbocycles. The number of thiazole rings is 1. The molecule has 4 rings (SSSR count). The van der Waals surface area contributed by atoms with E-state index in [1.807, 2.05) is 0 Å². The highest BCUT2D eigenvalue weighted by molar-refractivity contribution is 7.89. The summed E-state index contributed by atoms with van der Waals surface area (Å²) in [5.41, 5.74) is 1.41. The van der Waals surface area contributed by atoms with Crippen LogP contribution in [0.25, 0.3) is 10.6 Å². The van der Waals surface area contributed by atoms with E-state index in [1.54, 1.807) is 54.3 Å². The SMILES string of the molecule is Cc1nc(-c2ccc(F)cc2)sc1C(=O)N1CCC(NS(=O)(=O)c2ccccc2)CC1. The summed E-state index contributed by atoms with van der Waals surface area (Å²) in [6, 6.07) is 14.1. The van der Waals surface area contributed by atoms with Crippen LogP contribution >= 0.6 is 11.3 Å². The van der Waals surface area contributed by atoms with E-state index in [0.29, 0.717) is 41.5 Å². The maximum absolute atomic E-state index is 13.2. The minimum Gasteiger partial charge on any atom is -0.338 e. The van der Waals surface area contributed by atoms with Crippen molar-refractivity contribution in [2.45, 2.75) is 30.7 Å². The van der Waals surface area contributed by atoms with Crippen molar-refractivity contribution in [1.29, 1.82) is 0 Å². The molecule has 1 aromatic heterocycles. The van der Waals surface area contributed by atoms with Crippen molar-refractivity contribution >= 4 is 27.3 Å². The van der Waals surface area contributed by atoms with E-state index in [0.717, 1.165) is 5.56 Å². The van der Waals surface area contributed by atoms with Crippen LogP contribution in [-0.2, 0) is 10.0 Å². The normalized spacial score (nSPS) is 15.2. The molecule has 31 heavy (non-hydrogen) atoms. The first-order valence-corrected chi connectivity index (χ1v) is 12.2. The molecule has 1 amide bonds. The molecule has 0 unspecified atom stereocenters. The molecule has 1 fully saturated rings. The summed E-state index contributed by atoms with van der Waals surface area (Å²) in [6.45, 7) is 2.71. The van der Waals surface area contributed by atoms with E-state index >= 15 is 0 Å². The van der Waals surface area contributed by atoms with Crippen LogP contribution in [0.15, 0.2) is 59.5 Å². The number of sulfonamides is 1. The zero-order valence-electron chi connectivity index (χ0n) is 16.9. The minimum atomic E-state index is -3.57. The average Bonchev–Trinajstić information content (AvgIpc) is 3.16. The fraction of sp³-hybridized carbons (Fsp3) is 0.273. The molecule has 9 heteroatoms. The van der Waals surface area contributed by atoms with Gasteiger partial charge in [-0.25, -0.2) is 22.5 Å². The van der Waals surface area contributed by atoms with E-state index < -0.39 is 10.0 Å².